The smallest absolute Gasteiger partial charge is 0.226 e. The van der Waals surface area contributed by atoms with Crippen LogP contribution < -0.4 is 0 Å². The molecule has 1 fully saturated rings. The van der Waals surface area contributed by atoms with Crippen molar-refractivity contribution in [3.8, 4) is 11.5 Å². The molecule has 1 aliphatic heterocycles. The van der Waals surface area contributed by atoms with Crippen molar-refractivity contribution in [3.05, 3.63) is 53.4 Å². The summed E-state index contributed by atoms with van der Waals surface area (Å²) >= 11 is 0. The SMILES string of the molecule is Cc1nc(C2CCN(Cc3nc(-c4ccccc4)oc3C)CC2)n[nH]1. The van der Waals surface area contributed by atoms with E-state index in [1.165, 1.54) is 0 Å². The number of rotatable bonds is 4. The van der Waals surface area contributed by atoms with E-state index in [4.69, 9.17) is 9.40 Å². The Kier molecular flexibility index (Phi) is 4.36. The van der Waals surface area contributed by atoms with Crippen molar-refractivity contribution in [2.75, 3.05) is 13.1 Å². The molecule has 0 amide bonds. The molecule has 1 N–H and O–H groups in total. The Labute approximate surface area is 147 Å². The summed E-state index contributed by atoms with van der Waals surface area (Å²) in [5, 5.41) is 7.26. The molecule has 3 aromatic rings. The molecule has 1 aromatic carbocycles. The minimum atomic E-state index is 0.458. The number of hydrogen-bond donors (Lipinski definition) is 1. The number of aromatic nitrogens is 4. The number of benzene rings is 1. The highest BCUT2D eigenvalue weighted by molar-refractivity contribution is 5.53. The van der Waals surface area contributed by atoms with Gasteiger partial charge >= 0.3 is 0 Å². The molecule has 6 nitrogen and oxygen atoms in total. The first-order valence-corrected chi connectivity index (χ1v) is 8.82. The van der Waals surface area contributed by atoms with Gasteiger partial charge in [-0.3, -0.25) is 10.00 Å². The first kappa shape index (κ1) is 16.0. The van der Waals surface area contributed by atoms with Crippen LogP contribution in [-0.2, 0) is 6.54 Å². The fraction of sp³-hybridized carbons (Fsp3) is 0.421. The van der Waals surface area contributed by atoms with Crippen LogP contribution in [0.4, 0.5) is 0 Å². The number of hydrogen-bond acceptors (Lipinski definition) is 5. The fourth-order valence-electron chi connectivity index (χ4n) is 3.38. The largest absolute Gasteiger partial charge is 0.441 e. The standard InChI is InChI=1S/C19H23N5O/c1-13-17(21-19(25-13)16-6-4-3-5-7-16)12-24-10-8-15(9-11-24)18-20-14(2)22-23-18/h3-7,15H,8-12H2,1-2H3,(H,20,22,23). The molecule has 0 atom stereocenters. The van der Waals surface area contributed by atoms with Crippen molar-refractivity contribution >= 4 is 0 Å². The minimum Gasteiger partial charge on any atom is -0.441 e. The summed E-state index contributed by atoms with van der Waals surface area (Å²) < 4.78 is 5.87. The molecule has 130 valence electrons. The minimum absolute atomic E-state index is 0.458. The van der Waals surface area contributed by atoms with Crippen LogP contribution in [0.1, 0.15) is 41.9 Å². The predicted molar refractivity (Wildman–Crippen MR) is 95.0 cm³/mol. The van der Waals surface area contributed by atoms with E-state index in [0.717, 1.165) is 61.1 Å². The van der Waals surface area contributed by atoms with Crippen molar-refractivity contribution in [2.24, 2.45) is 0 Å². The van der Waals surface area contributed by atoms with E-state index in [-0.39, 0.29) is 0 Å². The molecular formula is C19H23N5O. The number of oxazole rings is 1. The number of nitrogens with one attached hydrogen (secondary N) is 1. The highest BCUT2D eigenvalue weighted by Crippen LogP contribution is 2.27. The number of H-pyrrole nitrogens is 1. The van der Waals surface area contributed by atoms with Gasteiger partial charge in [-0.2, -0.15) is 5.10 Å². The zero-order valence-electron chi connectivity index (χ0n) is 14.7. The fourth-order valence-corrected chi connectivity index (χ4v) is 3.38. The lowest BCUT2D eigenvalue weighted by atomic mass is 9.96. The Bertz CT molecular complexity index is 831. The Morgan fingerprint density at radius 3 is 2.56 bits per heavy atom. The van der Waals surface area contributed by atoms with E-state index >= 15 is 0 Å². The molecule has 1 saturated heterocycles. The summed E-state index contributed by atoms with van der Waals surface area (Å²) in [6, 6.07) is 10.1. The number of likely N-dealkylation sites (tertiary alicyclic amines) is 1. The molecule has 0 radical (unpaired) electrons. The molecule has 6 heteroatoms. The number of piperidine rings is 1. The van der Waals surface area contributed by atoms with Crippen LogP contribution in [0.3, 0.4) is 0 Å². The first-order chi connectivity index (χ1) is 12.2. The van der Waals surface area contributed by atoms with Gasteiger partial charge in [-0.15, -0.1) is 0 Å². The average Bonchev–Trinajstić information content (AvgIpc) is 3.23. The third kappa shape index (κ3) is 3.49. The number of aryl methyl sites for hydroxylation is 2. The summed E-state index contributed by atoms with van der Waals surface area (Å²) in [6.07, 6.45) is 2.17. The Morgan fingerprint density at radius 1 is 1.12 bits per heavy atom. The maximum atomic E-state index is 5.87. The van der Waals surface area contributed by atoms with E-state index in [1.54, 1.807) is 0 Å². The molecule has 1 aliphatic rings. The average molecular weight is 337 g/mol. The zero-order valence-corrected chi connectivity index (χ0v) is 14.7. The molecule has 0 aliphatic carbocycles. The van der Waals surface area contributed by atoms with Crippen molar-refractivity contribution in [3.63, 3.8) is 0 Å². The molecule has 0 bridgehead atoms. The van der Waals surface area contributed by atoms with Crippen molar-refractivity contribution in [2.45, 2.75) is 39.2 Å². The van der Waals surface area contributed by atoms with E-state index in [1.807, 2.05) is 44.2 Å². The third-order valence-corrected chi connectivity index (χ3v) is 4.85. The quantitative estimate of drug-likeness (QED) is 0.789. The Balaban J connectivity index is 1.40. The van der Waals surface area contributed by atoms with E-state index in [0.29, 0.717) is 11.8 Å². The highest BCUT2D eigenvalue weighted by atomic mass is 16.4. The summed E-state index contributed by atoms with van der Waals surface area (Å²) in [7, 11) is 0. The van der Waals surface area contributed by atoms with Gasteiger partial charge in [-0.1, -0.05) is 18.2 Å². The summed E-state index contributed by atoms with van der Waals surface area (Å²) in [5.74, 6) is 3.93. The van der Waals surface area contributed by atoms with Gasteiger partial charge in [-0.25, -0.2) is 9.97 Å². The number of nitrogens with zero attached hydrogens (tertiary/aromatic N) is 4. The molecular weight excluding hydrogens is 314 g/mol. The van der Waals surface area contributed by atoms with Crippen molar-refractivity contribution in [1.82, 2.24) is 25.1 Å². The van der Waals surface area contributed by atoms with Crippen LogP contribution in [0, 0.1) is 13.8 Å². The zero-order chi connectivity index (χ0) is 17.2. The van der Waals surface area contributed by atoms with Gasteiger partial charge in [0.1, 0.15) is 11.6 Å². The topological polar surface area (TPSA) is 70.8 Å². The predicted octanol–water partition coefficient (Wildman–Crippen LogP) is 3.46. The van der Waals surface area contributed by atoms with Gasteiger partial charge in [0.05, 0.1) is 5.69 Å². The maximum Gasteiger partial charge on any atom is 0.226 e. The summed E-state index contributed by atoms with van der Waals surface area (Å²) in [4.78, 5) is 11.6. The van der Waals surface area contributed by atoms with Gasteiger partial charge in [-0.05, 0) is 51.9 Å². The van der Waals surface area contributed by atoms with Crippen molar-refractivity contribution in [1.29, 1.82) is 0 Å². The normalized spacial score (nSPS) is 16.4. The van der Waals surface area contributed by atoms with Gasteiger partial charge in [0.25, 0.3) is 0 Å². The lowest BCUT2D eigenvalue weighted by Gasteiger charge is -2.30. The van der Waals surface area contributed by atoms with Crippen LogP contribution in [0.15, 0.2) is 34.7 Å². The van der Waals surface area contributed by atoms with Crippen LogP contribution in [0.5, 0.6) is 0 Å². The Hall–Kier alpha value is -2.47. The second kappa shape index (κ2) is 6.80. The lowest BCUT2D eigenvalue weighted by molar-refractivity contribution is 0.199. The summed E-state index contributed by atoms with van der Waals surface area (Å²) in [6.45, 7) is 6.85. The molecule has 4 rings (SSSR count). The molecule has 2 aromatic heterocycles. The van der Waals surface area contributed by atoms with Gasteiger partial charge in [0.2, 0.25) is 5.89 Å². The van der Waals surface area contributed by atoms with Crippen molar-refractivity contribution < 1.29 is 4.42 Å². The third-order valence-electron chi connectivity index (χ3n) is 4.85. The molecule has 0 saturated carbocycles. The second-order valence-corrected chi connectivity index (χ2v) is 6.72. The lowest BCUT2D eigenvalue weighted by Crippen LogP contribution is -2.33. The Morgan fingerprint density at radius 2 is 1.88 bits per heavy atom. The molecule has 25 heavy (non-hydrogen) atoms. The second-order valence-electron chi connectivity index (χ2n) is 6.72. The monoisotopic (exact) mass is 337 g/mol. The van der Waals surface area contributed by atoms with Crippen LogP contribution >= 0.6 is 0 Å². The van der Waals surface area contributed by atoms with E-state index in [2.05, 4.69) is 20.1 Å². The van der Waals surface area contributed by atoms with Gasteiger partial charge in [0.15, 0.2) is 5.82 Å². The molecule has 3 heterocycles. The van der Waals surface area contributed by atoms with Crippen LogP contribution in [0.25, 0.3) is 11.5 Å². The van der Waals surface area contributed by atoms with E-state index < -0.39 is 0 Å². The molecule has 0 unspecified atom stereocenters. The highest BCUT2D eigenvalue weighted by Gasteiger charge is 2.24. The van der Waals surface area contributed by atoms with Gasteiger partial charge in [0, 0.05) is 18.0 Å². The number of aromatic amines is 1. The van der Waals surface area contributed by atoms with E-state index in [9.17, 15) is 0 Å². The summed E-state index contributed by atoms with van der Waals surface area (Å²) in [5.41, 5.74) is 2.06. The molecule has 0 spiro atoms. The van der Waals surface area contributed by atoms with Crippen LogP contribution in [-0.4, -0.2) is 38.2 Å². The maximum absolute atomic E-state index is 5.87. The van der Waals surface area contributed by atoms with Crippen LogP contribution in [0.2, 0.25) is 0 Å². The first-order valence-electron chi connectivity index (χ1n) is 8.82. The van der Waals surface area contributed by atoms with Gasteiger partial charge < -0.3 is 4.42 Å².